The SMILES string of the molecule is CN1CCC[N+](C)=C1N. The lowest BCUT2D eigenvalue weighted by molar-refractivity contribution is -0.509. The third-order valence-electron chi connectivity index (χ3n) is 1.77. The fraction of sp³-hybridized carbons (Fsp3) is 0.833. The quantitative estimate of drug-likeness (QED) is 0.437. The number of nitrogens with zero attached hydrogens (tertiary/aromatic N) is 2. The number of guanidine groups is 1. The molecule has 0 amide bonds. The van der Waals surface area contributed by atoms with Crippen LogP contribution >= 0.6 is 0 Å². The highest BCUT2D eigenvalue weighted by Crippen LogP contribution is 1.93. The van der Waals surface area contributed by atoms with Gasteiger partial charge in [0.05, 0.1) is 27.2 Å². The summed E-state index contributed by atoms with van der Waals surface area (Å²) in [5.74, 6) is 0.890. The van der Waals surface area contributed by atoms with Gasteiger partial charge in [-0.1, -0.05) is 0 Å². The first-order valence-corrected chi connectivity index (χ1v) is 3.26. The van der Waals surface area contributed by atoms with E-state index in [9.17, 15) is 0 Å². The standard InChI is InChI=1S/C6H13N3/c1-8-4-3-5-9(2)6(8)7/h7H,3-5H2,1-2H3/p+1. The molecular formula is C6H14N3+. The van der Waals surface area contributed by atoms with E-state index in [4.69, 9.17) is 5.73 Å². The molecule has 1 rings (SSSR count). The molecule has 0 aromatic rings. The van der Waals surface area contributed by atoms with Gasteiger partial charge in [-0.05, 0) is 0 Å². The van der Waals surface area contributed by atoms with Gasteiger partial charge in [0.1, 0.15) is 0 Å². The third-order valence-corrected chi connectivity index (χ3v) is 1.77. The van der Waals surface area contributed by atoms with Crippen LogP contribution in [-0.2, 0) is 0 Å². The van der Waals surface area contributed by atoms with Crippen LogP contribution in [0, 0.1) is 0 Å². The van der Waals surface area contributed by atoms with Crippen LogP contribution < -0.4 is 5.73 Å². The molecule has 3 heteroatoms. The summed E-state index contributed by atoms with van der Waals surface area (Å²) in [7, 11) is 4.04. The molecule has 1 aliphatic rings. The molecule has 0 fully saturated rings. The maximum Gasteiger partial charge on any atom is 0.345 e. The Bertz CT molecular complexity index is 139. The zero-order chi connectivity index (χ0) is 6.85. The van der Waals surface area contributed by atoms with Crippen LogP contribution in [0.2, 0.25) is 0 Å². The van der Waals surface area contributed by atoms with Crippen LogP contribution in [0.3, 0.4) is 0 Å². The normalized spacial score (nSPS) is 20.9. The van der Waals surface area contributed by atoms with Crippen molar-refractivity contribution in [2.24, 2.45) is 5.73 Å². The predicted molar refractivity (Wildman–Crippen MR) is 37.5 cm³/mol. The van der Waals surface area contributed by atoms with Crippen molar-refractivity contribution in [3.05, 3.63) is 0 Å². The summed E-state index contributed by atoms with van der Waals surface area (Å²) in [5, 5.41) is 0. The van der Waals surface area contributed by atoms with E-state index < -0.39 is 0 Å². The molecule has 9 heavy (non-hydrogen) atoms. The Morgan fingerprint density at radius 2 is 2.33 bits per heavy atom. The number of hydrogen-bond donors (Lipinski definition) is 1. The molecule has 1 heterocycles. The first kappa shape index (κ1) is 6.39. The average molecular weight is 128 g/mol. The van der Waals surface area contributed by atoms with Gasteiger partial charge in [-0.3, -0.25) is 15.2 Å². The number of nitrogens with two attached hydrogens (primary N) is 1. The van der Waals surface area contributed by atoms with E-state index in [1.165, 1.54) is 6.42 Å². The van der Waals surface area contributed by atoms with Gasteiger partial charge >= 0.3 is 5.96 Å². The molecule has 0 spiro atoms. The van der Waals surface area contributed by atoms with Crippen molar-refractivity contribution in [1.29, 1.82) is 0 Å². The zero-order valence-corrected chi connectivity index (χ0v) is 6.09. The monoisotopic (exact) mass is 128 g/mol. The fourth-order valence-electron chi connectivity index (χ4n) is 1.07. The second kappa shape index (κ2) is 2.25. The lowest BCUT2D eigenvalue weighted by Gasteiger charge is -2.19. The molecule has 52 valence electrons. The van der Waals surface area contributed by atoms with E-state index in [1.807, 2.05) is 14.1 Å². The van der Waals surface area contributed by atoms with Crippen molar-refractivity contribution < 1.29 is 4.58 Å². The smallest absolute Gasteiger partial charge is 0.291 e. The third kappa shape index (κ3) is 1.15. The molecule has 0 aromatic heterocycles. The summed E-state index contributed by atoms with van der Waals surface area (Å²) in [6.45, 7) is 2.19. The summed E-state index contributed by atoms with van der Waals surface area (Å²) in [6, 6.07) is 0. The Morgan fingerprint density at radius 3 is 2.78 bits per heavy atom. The fourth-order valence-corrected chi connectivity index (χ4v) is 1.07. The van der Waals surface area contributed by atoms with Crippen LogP contribution in [-0.4, -0.2) is 42.6 Å². The van der Waals surface area contributed by atoms with Gasteiger partial charge < -0.3 is 0 Å². The molecule has 0 aromatic carbocycles. The molecule has 1 aliphatic heterocycles. The van der Waals surface area contributed by atoms with Gasteiger partial charge in [0.15, 0.2) is 0 Å². The van der Waals surface area contributed by atoms with Gasteiger partial charge in [-0.25, -0.2) is 0 Å². The highest BCUT2D eigenvalue weighted by atomic mass is 15.3. The van der Waals surface area contributed by atoms with E-state index in [0.29, 0.717) is 0 Å². The summed E-state index contributed by atoms with van der Waals surface area (Å²) in [5.41, 5.74) is 5.69. The van der Waals surface area contributed by atoms with Crippen molar-refractivity contribution in [2.45, 2.75) is 6.42 Å². The Hall–Kier alpha value is -0.730. The molecular weight excluding hydrogens is 114 g/mol. The minimum atomic E-state index is 0.890. The van der Waals surface area contributed by atoms with Crippen LogP contribution in [0.5, 0.6) is 0 Å². The van der Waals surface area contributed by atoms with Crippen molar-refractivity contribution in [1.82, 2.24) is 4.90 Å². The topological polar surface area (TPSA) is 32.3 Å². The second-order valence-electron chi connectivity index (χ2n) is 2.55. The van der Waals surface area contributed by atoms with Gasteiger partial charge in [0.25, 0.3) is 0 Å². The maximum atomic E-state index is 5.69. The van der Waals surface area contributed by atoms with Crippen LogP contribution in [0.25, 0.3) is 0 Å². The van der Waals surface area contributed by atoms with Crippen LogP contribution in [0.4, 0.5) is 0 Å². The highest BCUT2D eigenvalue weighted by molar-refractivity contribution is 5.72. The maximum absolute atomic E-state index is 5.69. The Kier molecular flexibility index (Phi) is 1.60. The first-order valence-electron chi connectivity index (χ1n) is 3.26. The van der Waals surface area contributed by atoms with Crippen molar-refractivity contribution >= 4 is 5.96 Å². The average Bonchev–Trinajstić information content (AvgIpc) is 1.83. The molecule has 2 N–H and O–H groups in total. The van der Waals surface area contributed by atoms with Crippen molar-refractivity contribution in [3.63, 3.8) is 0 Å². The highest BCUT2D eigenvalue weighted by Gasteiger charge is 2.15. The number of rotatable bonds is 0. The van der Waals surface area contributed by atoms with Crippen molar-refractivity contribution in [3.8, 4) is 0 Å². The summed E-state index contributed by atoms with van der Waals surface area (Å²) in [6.07, 6.45) is 1.22. The number of hydrogen-bond acceptors (Lipinski definition) is 2. The second-order valence-corrected chi connectivity index (χ2v) is 2.55. The predicted octanol–water partition coefficient (Wildman–Crippen LogP) is -0.721. The van der Waals surface area contributed by atoms with E-state index in [2.05, 4.69) is 9.48 Å². The van der Waals surface area contributed by atoms with Gasteiger partial charge in [0, 0.05) is 6.42 Å². The molecule has 0 aliphatic carbocycles. The molecule has 3 nitrogen and oxygen atoms in total. The Labute approximate surface area is 55.8 Å². The molecule has 0 saturated carbocycles. The Balaban J connectivity index is 2.72. The first-order chi connectivity index (χ1) is 4.22. The van der Waals surface area contributed by atoms with Gasteiger partial charge in [0.2, 0.25) is 0 Å². The van der Waals surface area contributed by atoms with E-state index in [-0.39, 0.29) is 0 Å². The van der Waals surface area contributed by atoms with E-state index in [1.54, 1.807) is 0 Å². The van der Waals surface area contributed by atoms with Crippen LogP contribution in [0.15, 0.2) is 0 Å². The van der Waals surface area contributed by atoms with E-state index in [0.717, 1.165) is 19.0 Å². The summed E-state index contributed by atoms with van der Waals surface area (Å²) < 4.78 is 2.07. The van der Waals surface area contributed by atoms with Gasteiger partial charge in [-0.2, -0.15) is 0 Å². The molecule has 0 saturated heterocycles. The minimum absolute atomic E-state index is 0.890. The zero-order valence-electron chi connectivity index (χ0n) is 6.09. The van der Waals surface area contributed by atoms with Crippen molar-refractivity contribution in [2.75, 3.05) is 27.2 Å². The molecule has 0 bridgehead atoms. The molecule has 0 atom stereocenters. The van der Waals surface area contributed by atoms with Crippen LogP contribution in [0.1, 0.15) is 6.42 Å². The molecule has 0 unspecified atom stereocenters. The summed E-state index contributed by atoms with van der Waals surface area (Å²) in [4.78, 5) is 2.07. The molecule has 0 radical (unpaired) electrons. The van der Waals surface area contributed by atoms with E-state index >= 15 is 0 Å². The lowest BCUT2D eigenvalue weighted by Crippen LogP contribution is -2.45. The Morgan fingerprint density at radius 1 is 1.67 bits per heavy atom. The lowest BCUT2D eigenvalue weighted by atomic mass is 10.3. The minimum Gasteiger partial charge on any atom is -0.291 e. The largest absolute Gasteiger partial charge is 0.345 e. The van der Waals surface area contributed by atoms with Gasteiger partial charge in [-0.15, -0.1) is 0 Å². The summed E-state index contributed by atoms with van der Waals surface area (Å²) >= 11 is 0.